The summed E-state index contributed by atoms with van der Waals surface area (Å²) in [5.41, 5.74) is 3.20. The van der Waals surface area contributed by atoms with Gasteiger partial charge in [0.25, 0.3) is 5.78 Å². The quantitative estimate of drug-likeness (QED) is 0.755. The van der Waals surface area contributed by atoms with Crippen LogP contribution in [0.3, 0.4) is 0 Å². The third-order valence-corrected chi connectivity index (χ3v) is 2.74. The van der Waals surface area contributed by atoms with Gasteiger partial charge in [-0.15, -0.1) is 0 Å². The van der Waals surface area contributed by atoms with Crippen LogP contribution in [-0.2, 0) is 0 Å². The molecule has 2 aromatic rings. The van der Waals surface area contributed by atoms with Crippen molar-refractivity contribution in [1.29, 1.82) is 0 Å². The van der Waals surface area contributed by atoms with E-state index in [2.05, 4.69) is 26.5 Å². The van der Waals surface area contributed by atoms with E-state index >= 15 is 0 Å². The van der Waals surface area contributed by atoms with Crippen LogP contribution in [0.2, 0.25) is 0 Å². The predicted octanol–water partition coefficient (Wildman–Crippen LogP) is 1.75. The van der Waals surface area contributed by atoms with Crippen LogP contribution in [0.1, 0.15) is 18.2 Å². The molecule has 0 aliphatic rings. The standard InChI is InChI=1S/C12H17N5/c1-8(2)6-16(5)11-9(3)10(4)15-12-13-7-14-17(11)12/h7H,1,6H2,2-5H3. The first-order valence-electron chi connectivity index (χ1n) is 5.53. The number of fused-ring (bicyclic) bond motifs is 1. The molecule has 90 valence electrons. The fourth-order valence-electron chi connectivity index (χ4n) is 1.94. The van der Waals surface area contributed by atoms with Gasteiger partial charge in [-0.2, -0.15) is 14.6 Å². The molecular formula is C12H17N5. The predicted molar refractivity (Wildman–Crippen MR) is 68.3 cm³/mol. The maximum Gasteiger partial charge on any atom is 0.254 e. The molecule has 5 heteroatoms. The van der Waals surface area contributed by atoms with Crippen LogP contribution >= 0.6 is 0 Å². The van der Waals surface area contributed by atoms with Crippen molar-refractivity contribution >= 4 is 11.6 Å². The number of likely N-dealkylation sites (N-methyl/N-ethyl adjacent to an activating group) is 1. The number of hydrogen-bond acceptors (Lipinski definition) is 4. The fraction of sp³-hybridized carbons (Fsp3) is 0.417. The third-order valence-electron chi connectivity index (χ3n) is 2.74. The van der Waals surface area contributed by atoms with E-state index in [1.54, 1.807) is 4.52 Å². The Labute approximate surface area is 101 Å². The Morgan fingerprint density at radius 2 is 2.18 bits per heavy atom. The number of aromatic nitrogens is 4. The van der Waals surface area contributed by atoms with Gasteiger partial charge >= 0.3 is 0 Å². The Morgan fingerprint density at radius 3 is 2.82 bits per heavy atom. The molecular weight excluding hydrogens is 214 g/mol. The molecule has 2 aromatic heterocycles. The SMILES string of the molecule is C=C(C)CN(C)c1c(C)c(C)nc2ncnn12. The molecule has 0 aromatic carbocycles. The first kappa shape index (κ1) is 11.6. The Hall–Kier alpha value is -1.91. The van der Waals surface area contributed by atoms with Gasteiger partial charge < -0.3 is 4.90 Å². The first-order valence-corrected chi connectivity index (χ1v) is 5.53. The lowest BCUT2D eigenvalue weighted by molar-refractivity contribution is 0.844. The molecule has 0 atom stereocenters. The Bertz CT molecular complexity index is 570. The highest BCUT2D eigenvalue weighted by Gasteiger charge is 2.14. The zero-order chi connectivity index (χ0) is 12.6. The van der Waals surface area contributed by atoms with Crippen LogP contribution in [0.5, 0.6) is 0 Å². The molecule has 0 saturated carbocycles. The van der Waals surface area contributed by atoms with E-state index in [-0.39, 0.29) is 0 Å². The van der Waals surface area contributed by atoms with Crippen LogP contribution in [0.25, 0.3) is 5.78 Å². The Balaban J connectivity index is 2.61. The van der Waals surface area contributed by atoms with E-state index in [9.17, 15) is 0 Å². The normalized spacial score (nSPS) is 10.8. The van der Waals surface area contributed by atoms with Gasteiger partial charge in [-0.05, 0) is 20.8 Å². The minimum atomic E-state index is 0.636. The number of rotatable bonds is 3. The molecule has 2 rings (SSSR count). The molecule has 0 saturated heterocycles. The molecule has 0 fully saturated rings. The zero-order valence-electron chi connectivity index (χ0n) is 10.7. The van der Waals surface area contributed by atoms with E-state index in [1.807, 2.05) is 27.8 Å². The maximum absolute atomic E-state index is 4.40. The Morgan fingerprint density at radius 1 is 1.47 bits per heavy atom. The molecule has 0 bridgehead atoms. The second-order valence-electron chi connectivity index (χ2n) is 4.43. The van der Waals surface area contributed by atoms with E-state index in [0.29, 0.717) is 5.78 Å². The maximum atomic E-state index is 4.40. The largest absolute Gasteiger partial charge is 0.355 e. The number of hydrogen-bond donors (Lipinski definition) is 0. The van der Waals surface area contributed by atoms with Crippen LogP contribution in [0.4, 0.5) is 5.82 Å². The van der Waals surface area contributed by atoms with Gasteiger partial charge in [-0.1, -0.05) is 12.2 Å². The molecule has 17 heavy (non-hydrogen) atoms. The average Bonchev–Trinajstić information content (AvgIpc) is 2.65. The van der Waals surface area contributed by atoms with Gasteiger partial charge in [0.2, 0.25) is 0 Å². The van der Waals surface area contributed by atoms with Crippen molar-refractivity contribution in [2.45, 2.75) is 20.8 Å². The highest BCUT2D eigenvalue weighted by atomic mass is 15.4. The summed E-state index contributed by atoms with van der Waals surface area (Å²) < 4.78 is 1.77. The third kappa shape index (κ3) is 2.00. The van der Waals surface area contributed by atoms with Crippen molar-refractivity contribution in [2.75, 3.05) is 18.5 Å². The molecule has 0 aliphatic carbocycles. The Kier molecular flexibility index (Phi) is 2.83. The number of nitrogens with zero attached hydrogens (tertiary/aromatic N) is 5. The highest BCUT2D eigenvalue weighted by molar-refractivity contribution is 5.53. The van der Waals surface area contributed by atoms with Crippen molar-refractivity contribution < 1.29 is 0 Å². The van der Waals surface area contributed by atoms with E-state index in [4.69, 9.17) is 0 Å². The van der Waals surface area contributed by atoms with Gasteiger partial charge in [0.15, 0.2) is 0 Å². The molecule has 0 radical (unpaired) electrons. The highest BCUT2D eigenvalue weighted by Crippen LogP contribution is 2.21. The van der Waals surface area contributed by atoms with Crippen molar-refractivity contribution in [2.24, 2.45) is 0 Å². The lowest BCUT2D eigenvalue weighted by atomic mass is 10.2. The summed E-state index contributed by atoms with van der Waals surface area (Å²) in [6, 6.07) is 0. The molecule has 0 N–H and O–H groups in total. The fourth-order valence-corrected chi connectivity index (χ4v) is 1.94. The first-order chi connectivity index (χ1) is 8.00. The second-order valence-corrected chi connectivity index (χ2v) is 4.43. The molecule has 5 nitrogen and oxygen atoms in total. The van der Waals surface area contributed by atoms with Gasteiger partial charge in [0.1, 0.15) is 12.1 Å². The van der Waals surface area contributed by atoms with Crippen LogP contribution in [-0.4, -0.2) is 33.2 Å². The summed E-state index contributed by atoms with van der Waals surface area (Å²) in [5, 5.41) is 4.22. The van der Waals surface area contributed by atoms with Gasteiger partial charge in [0.05, 0.1) is 0 Å². The average molecular weight is 231 g/mol. The van der Waals surface area contributed by atoms with Crippen molar-refractivity contribution in [3.63, 3.8) is 0 Å². The van der Waals surface area contributed by atoms with Gasteiger partial charge in [-0.25, -0.2) is 4.98 Å². The molecule has 2 heterocycles. The minimum absolute atomic E-state index is 0.636. The smallest absolute Gasteiger partial charge is 0.254 e. The van der Waals surface area contributed by atoms with E-state index in [0.717, 1.165) is 29.2 Å². The van der Waals surface area contributed by atoms with Crippen molar-refractivity contribution in [3.05, 3.63) is 29.7 Å². The van der Waals surface area contributed by atoms with Crippen molar-refractivity contribution in [3.8, 4) is 0 Å². The summed E-state index contributed by atoms with van der Waals surface area (Å²) in [6.07, 6.45) is 1.53. The van der Waals surface area contributed by atoms with Crippen LogP contribution in [0, 0.1) is 13.8 Å². The minimum Gasteiger partial charge on any atom is -0.355 e. The van der Waals surface area contributed by atoms with Crippen LogP contribution < -0.4 is 4.90 Å². The van der Waals surface area contributed by atoms with Gasteiger partial charge in [0, 0.05) is 24.8 Å². The summed E-state index contributed by atoms with van der Waals surface area (Å²) in [7, 11) is 2.03. The summed E-state index contributed by atoms with van der Waals surface area (Å²) in [6.45, 7) is 10.8. The van der Waals surface area contributed by atoms with Crippen molar-refractivity contribution in [1.82, 2.24) is 19.6 Å². The summed E-state index contributed by atoms with van der Waals surface area (Å²) in [4.78, 5) is 10.7. The molecule has 0 unspecified atom stereocenters. The van der Waals surface area contributed by atoms with E-state index < -0.39 is 0 Å². The topological polar surface area (TPSA) is 46.3 Å². The van der Waals surface area contributed by atoms with Crippen LogP contribution in [0.15, 0.2) is 18.5 Å². The van der Waals surface area contributed by atoms with E-state index in [1.165, 1.54) is 6.33 Å². The molecule has 0 spiro atoms. The molecule has 0 amide bonds. The summed E-state index contributed by atoms with van der Waals surface area (Å²) >= 11 is 0. The number of anilines is 1. The van der Waals surface area contributed by atoms with Gasteiger partial charge in [-0.3, -0.25) is 0 Å². The second kappa shape index (κ2) is 4.16. The number of aryl methyl sites for hydroxylation is 1. The monoisotopic (exact) mass is 231 g/mol. The molecule has 0 aliphatic heterocycles. The summed E-state index contributed by atoms with van der Waals surface area (Å²) in [5.74, 6) is 1.66. The lowest BCUT2D eigenvalue weighted by Gasteiger charge is -2.22. The zero-order valence-corrected chi connectivity index (χ0v) is 10.7. The lowest BCUT2D eigenvalue weighted by Crippen LogP contribution is -2.24.